The lowest BCUT2D eigenvalue weighted by atomic mass is 10.2. The smallest absolute Gasteiger partial charge is 0.326 e. The third-order valence-electron chi connectivity index (χ3n) is 4.11. The monoisotopic (exact) mass is 420 g/mol. The van der Waals surface area contributed by atoms with Crippen LogP contribution < -0.4 is 25.4 Å². The highest BCUT2D eigenvalue weighted by Gasteiger charge is 2.12. The van der Waals surface area contributed by atoms with E-state index in [1.54, 1.807) is 44.6 Å². The summed E-state index contributed by atoms with van der Waals surface area (Å²) in [5.41, 5.74) is 2.71. The molecule has 1 aromatic heterocycles. The van der Waals surface area contributed by atoms with Gasteiger partial charge in [0, 0.05) is 23.1 Å². The normalized spacial score (nSPS) is 10.9. The maximum absolute atomic E-state index is 12.6. The van der Waals surface area contributed by atoms with Crippen molar-refractivity contribution in [2.45, 2.75) is 13.8 Å². The summed E-state index contributed by atoms with van der Waals surface area (Å²) in [4.78, 5) is 25.6. The van der Waals surface area contributed by atoms with Crippen LogP contribution in [0.3, 0.4) is 0 Å². The second-order valence-corrected chi connectivity index (χ2v) is 6.55. The topological polar surface area (TPSA) is 110 Å². The van der Waals surface area contributed by atoms with Crippen LogP contribution in [0.25, 0.3) is 0 Å². The highest BCUT2D eigenvalue weighted by Crippen LogP contribution is 2.29. The van der Waals surface area contributed by atoms with E-state index in [-0.39, 0.29) is 11.9 Å². The molecular weight excluding hydrogens is 396 g/mol. The van der Waals surface area contributed by atoms with Crippen molar-refractivity contribution in [3.05, 3.63) is 66.0 Å². The number of ether oxygens (including phenoxy) is 2. The van der Waals surface area contributed by atoms with Crippen molar-refractivity contribution in [3.8, 4) is 11.5 Å². The van der Waals surface area contributed by atoms with Crippen molar-refractivity contribution in [1.29, 1.82) is 0 Å². The molecule has 0 bridgehead atoms. The Balaban J connectivity index is 1.92. The molecule has 2 aromatic carbocycles. The zero-order valence-corrected chi connectivity index (χ0v) is 17.8. The predicted molar refractivity (Wildman–Crippen MR) is 120 cm³/mol. The molecule has 0 unspecified atom stereocenters. The van der Waals surface area contributed by atoms with Crippen molar-refractivity contribution in [2.24, 2.45) is 4.99 Å². The third kappa shape index (κ3) is 6.17. The minimum Gasteiger partial charge on any atom is -0.497 e. The van der Waals surface area contributed by atoms with E-state index >= 15 is 0 Å². The number of guanidine groups is 1. The van der Waals surface area contributed by atoms with Crippen LogP contribution in [-0.4, -0.2) is 36.2 Å². The van der Waals surface area contributed by atoms with Gasteiger partial charge in [-0.25, -0.2) is 14.8 Å². The van der Waals surface area contributed by atoms with E-state index in [1.165, 1.54) is 0 Å². The number of amides is 2. The maximum Gasteiger partial charge on any atom is 0.326 e. The van der Waals surface area contributed by atoms with Crippen LogP contribution in [0.5, 0.6) is 11.5 Å². The summed E-state index contributed by atoms with van der Waals surface area (Å²) in [6, 6.07) is 15.7. The summed E-state index contributed by atoms with van der Waals surface area (Å²) in [5.74, 6) is 1.48. The van der Waals surface area contributed by atoms with E-state index in [0.29, 0.717) is 22.9 Å². The summed E-state index contributed by atoms with van der Waals surface area (Å²) in [7, 11) is 3.11. The fourth-order valence-electron chi connectivity index (χ4n) is 2.78. The molecule has 0 aliphatic rings. The van der Waals surface area contributed by atoms with Crippen molar-refractivity contribution >= 4 is 29.3 Å². The minimum absolute atomic E-state index is 0.116. The van der Waals surface area contributed by atoms with Crippen molar-refractivity contribution in [3.63, 3.8) is 0 Å². The number of carbonyl (C=O) groups is 1. The van der Waals surface area contributed by atoms with Gasteiger partial charge in [0.15, 0.2) is 0 Å². The van der Waals surface area contributed by atoms with Gasteiger partial charge < -0.3 is 20.1 Å². The van der Waals surface area contributed by atoms with Gasteiger partial charge in [-0.3, -0.25) is 5.32 Å². The van der Waals surface area contributed by atoms with Crippen molar-refractivity contribution < 1.29 is 14.3 Å². The van der Waals surface area contributed by atoms with Gasteiger partial charge in [0.25, 0.3) is 5.95 Å². The van der Waals surface area contributed by atoms with Crippen LogP contribution in [0.2, 0.25) is 0 Å². The Kier molecular flexibility index (Phi) is 7.00. The Hall–Kier alpha value is -4.14. The molecule has 0 radical (unpaired) electrons. The zero-order valence-electron chi connectivity index (χ0n) is 17.8. The number of urea groups is 1. The average Bonchev–Trinajstić information content (AvgIpc) is 2.73. The standard InChI is InChI=1S/C22H24N6O3/c1-14-12-15(2)24-20(23-14)27-21(28-22(29)25-16-8-6-5-7-9-16)26-18-13-17(30-3)10-11-19(18)31-4/h5-13H,1-4H3,(H3,23,24,25,26,27,28,29). The Labute approximate surface area is 180 Å². The molecule has 9 heteroatoms. The molecule has 3 N–H and O–H groups in total. The van der Waals surface area contributed by atoms with Gasteiger partial charge in [0.2, 0.25) is 5.96 Å². The Morgan fingerprint density at radius 1 is 0.903 bits per heavy atom. The summed E-state index contributed by atoms with van der Waals surface area (Å²) < 4.78 is 10.7. The third-order valence-corrected chi connectivity index (χ3v) is 4.11. The van der Waals surface area contributed by atoms with E-state index in [2.05, 4.69) is 30.9 Å². The lowest BCUT2D eigenvalue weighted by Gasteiger charge is -2.15. The highest BCUT2D eigenvalue weighted by atomic mass is 16.5. The van der Waals surface area contributed by atoms with E-state index < -0.39 is 6.03 Å². The number of benzene rings is 2. The van der Waals surface area contributed by atoms with E-state index in [4.69, 9.17) is 9.47 Å². The van der Waals surface area contributed by atoms with Crippen LogP contribution in [0, 0.1) is 13.8 Å². The molecule has 0 aliphatic carbocycles. The van der Waals surface area contributed by atoms with Gasteiger partial charge in [-0.15, -0.1) is 0 Å². The molecule has 0 fully saturated rings. The summed E-state index contributed by atoms with van der Waals surface area (Å²) in [5, 5.41) is 8.52. The summed E-state index contributed by atoms with van der Waals surface area (Å²) >= 11 is 0. The van der Waals surface area contributed by atoms with Crippen LogP contribution in [0.1, 0.15) is 11.4 Å². The number of nitrogens with one attached hydrogen (secondary N) is 3. The molecule has 0 aliphatic heterocycles. The average molecular weight is 420 g/mol. The van der Waals surface area contributed by atoms with Gasteiger partial charge >= 0.3 is 6.03 Å². The molecule has 0 saturated carbocycles. The number of hydrogen-bond donors (Lipinski definition) is 3. The van der Waals surface area contributed by atoms with Crippen molar-refractivity contribution in [2.75, 3.05) is 24.9 Å². The first kappa shape index (κ1) is 21.6. The number of carbonyl (C=O) groups excluding carboxylic acids is 1. The van der Waals surface area contributed by atoms with Crippen LogP contribution in [-0.2, 0) is 0 Å². The zero-order chi connectivity index (χ0) is 22.2. The fourth-order valence-corrected chi connectivity index (χ4v) is 2.78. The van der Waals surface area contributed by atoms with Gasteiger partial charge in [-0.2, -0.15) is 4.99 Å². The molecule has 3 aromatic rings. The molecule has 31 heavy (non-hydrogen) atoms. The Morgan fingerprint density at radius 2 is 1.61 bits per heavy atom. The largest absolute Gasteiger partial charge is 0.497 e. The van der Waals surface area contributed by atoms with Gasteiger partial charge in [-0.1, -0.05) is 18.2 Å². The van der Waals surface area contributed by atoms with Crippen molar-refractivity contribution in [1.82, 2.24) is 15.3 Å². The second-order valence-electron chi connectivity index (χ2n) is 6.55. The number of nitrogens with zero attached hydrogens (tertiary/aromatic N) is 3. The SMILES string of the molecule is COc1ccc(OC)c(N/C(=N/c2nc(C)cc(C)n2)NC(=O)Nc2ccccc2)c1. The molecule has 160 valence electrons. The first-order valence-corrected chi connectivity index (χ1v) is 9.50. The van der Waals surface area contributed by atoms with E-state index in [0.717, 1.165) is 11.4 Å². The molecule has 9 nitrogen and oxygen atoms in total. The number of hydrogen-bond acceptors (Lipinski definition) is 6. The molecule has 2 amide bonds. The second kappa shape index (κ2) is 10.1. The predicted octanol–water partition coefficient (Wildman–Crippen LogP) is 4.03. The number of aliphatic imine (C=N–C) groups is 1. The highest BCUT2D eigenvalue weighted by molar-refractivity contribution is 6.08. The van der Waals surface area contributed by atoms with E-state index in [1.807, 2.05) is 38.1 Å². The van der Waals surface area contributed by atoms with Gasteiger partial charge in [-0.05, 0) is 44.2 Å². The number of anilines is 2. The number of rotatable bonds is 5. The number of para-hydroxylation sites is 1. The molecule has 1 heterocycles. The number of aromatic nitrogens is 2. The molecule has 3 rings (SSSR count). The van der Waals surface area contributed by atoms with Gasteiger partial charge in [0.1, 0.15) is 11.5 Å². The van der Waals surface area contributed by atoms with E-state index in [9.17, 15) is 4.79 Å². The Morgan fingerprint density at radius 3 is 2.26 bits per heavy atom. The molecular formula is C22H24N6O3. The quantitative estimate of drug-likeness (QED) is 0.425. The summed E-state index contributed by atoms with van der Waals surface area (Å²) in [6.07, 6.45) is 0. The number of methoxy groups -OCH3 is 2. The van der Waals surface area contributed by atoms with Crippen LogP contribution >= 0.6 is 0 Å². The molecule has 0 saturated heterocycles. The first-order valence-electron chi connectivity index (χ1n) is 9.50. The molecule has 0 atom stereocenters. The first-order chi connectivity index (χ1) is 15.0. The minimum atomic E-state index is -0.483. The molecule has 0 spiro atoms. The lowest BCUT2D eigenvalue weighted by Crippen LogP contribution is -2.38. The Bertz CT molecular complexity index is 1070. The fraction of sp³-hybridized carbons (Fsp3) is 0.182. The van der Waals surface area contributed by atoms with Crippen LogP contribution in [0.15, 0.2) is 59.6 Å². The summed E-state index contributed by atoms with van der Waals surface area (Å²) in [6.45, 7) is 3.70. The number of aryl methyl sites for hydroxylation is 2. The van der Waals surface area contributed by atoms with Gasteiger partial charge in [0.05, 0.1) is 19.9 Å². The maximum atomic E-state index is 12.6. The van der Waals surface area contributed by atoms with Crippen LogP contribution in [0.4, 0.5) is 22.1 Å². The lowest BCUT2D eigenvalue weighted by molar-refractivity contribution is 0.256.